The number of hydrogen-bond donors (Lipinski definition) is 1. The van der Waals surface area contributed by atoms with Crippen molar-refractivity contribution in [3.63, 3.8) is 0 Å². The van der Waals surface area contributed by atoms with Gasteiger partial charge in [-0.25, -0.2) is 9.78 Å². The molecular weight excluding hydrogens is 306 g/mol. The summed E-state index contributed by atoms with van der Waals surface area (Å²) in [5.41, 5.74) is 0.860. The van der Waals surface area contributed by atoms with Crippen molar-refractivity contribution in [1.29, 1.82) is 0 Å². The molecule has 3 aromatic rings. The summed E-state index contributed by atoms with van der Waals surface area (Å²) in [6.45, 7) is 0. The van der Waals surface area contributed by atoms with Gasteiger partial charge in [0.15, 0.2) is 3.95 Å². The lowest BCUT2D eigenvalue weighted by Crippen LogP contribution is -2.30. The minimum atomic E-state index is -0.493. The van der Waals surface area contributed by atoms with Crippen molar-refractivity contribution in [1.82, 2.24) is 9.97 Å². The summed E-state index contributed by atoms with van der Waals surface area (Å²) in [5.74, 6) is 1.00. The molecule has 1 aromatic carbocycles. The number of carbonyl (C=O) groups is 1. The van der Waals surface area contributed by atoms with Crippen molar-refractivity contribution in [2.24, 2.45) is 0 Å². The van der Waals surface area contributed by atoms with Crippen LogP contribution < -0.4 is 9.64 Å². The first-order valence-corrected chi connectivity index (χ1v) is 7.36. The molecule has 0 aliphatic heterocycles. The molecule has 0 saturated carbocycles. The first-order valence-electron chi connectivity index (χ1n) is 6.14. The molecule has 0 bridgehead atoms. The summed E-state index contributed by atoms with van der Waals surface area (Å²) in [7, 11) is 1.62. The number of para-hydroxylation sites is 1. The van der Waals surface area contributed by atoms with Crippen molar-refractivity contribution in [3.05, 3.63) is 46.4 Å². The van der Waals surface area contributed by atoms with E-state index in [4.69, 9.17) is 17.0 Å². The van der Waals surface area contributed by atoms with E-state index in [1.807, 2.05) is 12.1 Å². The van der Waals surface area contributed by atoms with Gasteiger partial charge in [0.2, 0.25) is 0 Å². The monoisotopic (exact) mass is 317 g/mol. The van der Waals surface area contributed by atoms with Gasteiger partial charge in [0.1, 0.15) is 16.4 Å². The van der Waals surface area contributed by atoms with Gasteiger partial charge in [0.25, 0.3) is 0 Å². The molecule has 106 valence electrons. The van der Waals surface area contributed by atoms with Crippen molar-refractivity contribution in [2.45, 2.75) is 0 Å². The number of aromatic nitrogens is 2. The second kappa shape index (κ2) is 5.63. The topological polar surface area (TPSA) is 58.2 Å². The Bertz CT molecular complexity index is 842. The Hall–Kier alpha value is -2.25. The highest BCUT2D eigenvalue weighted by Crippen LogP contribution is 2.21. The fraction of sp³-hybridized carbons (Fsp3) is 0.0714. The van der Waals surface area contributed by atoms with Gasteiger partial charge < -0.3 is 9.72 Å². The minimum Gasteiger partial charge on any atom is -0.410 e. The van der Waals surface area contributed by atoms with Gasteiger partial charge in [-0.05, 0) is 36.5 Å². The maximum absolute atomic E-state index is 12.1. The van der Waals surface area contributed by atoms with Crippen LogP contribution in [0.2, 0.25) is 0 Å². The summed E-state index contributed by atoms with van der Waals surface area (Å²) < 4.78 is 5.93. The van der Waals surface area contributed by atoms with Crippen LogP contribution in [0.5, 0.6) is 5.75 Å². The molecule has 21 heavy (non-hydrogen) atoms. The maximum atomic E-state index is 12.1. The second-order valence-corrected chi connectivity index (χ2v) is 5.94. The average Bonchev–Trinajstić information content (AvgIpc) is 2.86. The number of hydrogen-bond acceptors (Lipinski definition) is 5. The number of nitrogens with zero attached hydrogens (tertiary/aromatic N) is 2. The van der Waals surface area contributed by atoms with E-state index in [9.17, 15) is 4.79 Å². The van der Waals surface area contributed by atoms with Crippen LogP contribution in [0.4, 0.5) is 10.6 Å². The average molecular weight is 317 g/mol. The summed E-state index contributed by atoms with van der Waals surface area (Å²) in [6, 6.07) is 12.5. The van der Waals surface area contributed by atoms with Gasteiger partial charge in [-0.2, -0.15) is 0 Å². The van der Waals surface area contributed by atoms with Crippen molar-refractivity contribution < 1.29 is 9.53 Å². The highest BCUT2D eigenvalue weighted by atomic mass is 32.1. The largest absolute Gasteiger partial charge is 0.420 e. The predicted octanol–water partition coefficient (Wildman–Crippen LogP) is 3.99. The Morgan fingerprint density at radius 1 is 1.29 bits per heavy atom. The standard InChI is InChI=1S/C14H11N3O2S2/c1-17(14(18)19-9-5-3-2-4-6-9)11-8-7-10-12(16-11)21-13(20)15-10/h2-8H,1H3,(H,15,20). The number of rotatable bonds is 2. The molecular formula is C14H11N3O2S2. The van der Waals surface area contributed by atoms with E-state index in [-0.39, 0.29) is 0 Å². The SMILES string of the molecule is CN(C(=O)Oc1ccccc1)c1ccc2[nH]c(=S)sc2n1. The van der Waals surface area contributed by atoms with Crippen LogP contribution in [-0.4, -0.2) is 23.1 Å². The first kappa shape index (κ1) is 13.7. The van der Waals surface area contributed by atoms with Crippen LogP contribution in [0.3, 0.4) is 0 Å². The van der Waals surface area contributed by atoms with Gasteiger partial charge >= 0.3 is 6.09 Å². The number of aromatic amines is 1. The minimum absolute atomic E-state index is 0.493. The molecule has 0 saturated heterocycles. The molecule has 7 heteroatoms. The van der Waals surface area contributed by atoms with Crippen molar-refractivity contribution in [3.8, 4) is 5.75 Å². The number of amides is 1. The van der Waals surface area contributed by atoms with Crippen molar-refractivity contribution >= 4 is 45.8 Å². The van der Waals surface area contributed by atoms with E-state index in [0.717, 1.165) is 10.3 Å². The summed E-state index contributed by atoms with van der Waals surface area (Å²) in [6.07, 6.45) is -0.493. The fourth-order valence-electron chi connectivity index (χ4n) is 1.77. The van der Waals surface area contributed by atoms with Gasteiger partial charge in [-0.15, -0.1) is 0 Å². The van der Waals surface area contributed by atoms with Crippen LogP contribution in [0.1, 0.15) is 0 Å². The van der Waals surface area contributed by atoms with Crippen LogP contribution in [0.25, 0.3) is 10.3 Å². The zero-order valence-corrected chi connectivity index (χ0v) is 12.7. The zero-order valence-electron chi connectivity index (χ0n) is 11.1. The molecule has 0 aliphatic carbocycles. The highest BCUT2D eigenvalue weighted by molar-refractivity contribution is 7.73. The summed E-state index contributed by atoms with van der Waals surface area (Å²) in [5, 5.41) is 0. The van der Waals surface area contributed by atoms with Gasteiger partial charge in [0, 0.05) is 7.05 Å². The van der Waals surface area contributed by atoms with E-state index < -0.39 is 6.09 Å². The number of fused-ring (bicyclic) bond motifs is 1. The lowest BCUT2D eigenvalue weighted by molar-refractivity contribution is 0.209. The molecule has 0 spiro atoms. The normalized spacial score (nSPS) is 10.5. The van der Waals surface area contributed by atoms with E-state index in [2.05, 4.69) is 9.97 Å². The smallest absolute Gasteiger partial charge is 0.410 e. The number of carbonyl (C=O) groups excluding carboxylic acids is 1. The van der Waals surface area contributed by atoms with E-state index >= 15 is 0 Å². The molecule has 0 aliphatic rings. The number of anilines is 1. The number of benzene rings is 1. The highest BCUT2D eigenvalue weighted by Gasteiger charge is 2.15. The molecule has 0 atom stereocenters. The Morgan fingerprint density at radius 2 is 2.05 bits per heavy atom. The molecule has 0 radical (unpaired) electrons. The number of thiazole rings is 1. The number of ether oxygens (including phenoxy) is 1. The third-order valence-corrected chi connectivity index (χ3v) is 3.98. The first-order chi connectivity index (χ1) is 10.1. The number of pyridine rings is 1. The second-order valence-electron chi connectivity index (χ2n) is 4.28. The third-order valence-electron chi connectivity index (χ3n) is 2.84. The zero-order chi connectivity index (χ0) is 14.8. The van der Waals surface area contributed by atoms with Crippen LogP contribution in [0, 0.1) is 3.95 Å². The lowest BCUT2D eigenvalue weighted by atomic mass is 10.3. The molecule has 0 fully saturated rings. The van der Waals surface area contributed by atoms with Crippen molar-refractivity contribution in [2.75, 3.05) is 11.9 Å². The maximum Gasteiger partial charge on any atom is 0.420 e. The Morgan fingerprint density at radius 3 is 2.81 bits per heavy atom. The van der Waals surface area contributed by atoms with E-state index in [0.29, 0.717) is 15.5 Å². The molecule has 2 aromatic heterocycles. The molecule has 5 nitrogen and oxygen atoms in total. The fourth-order valence-corrected chi connectivity index (χ4v) is 2.82. The molecule has 1 amide bonds. The Balaban J connectivity index is 1.83. The molecule has 1 N–H and O–H groups in total. The quantitative estimate of drug-likeness (QED) is 0.726. The number of nitrogens with one attached hydrogen (secondary N) is 1. The van der Waals surface area contributed by atoms with Gasteiger partial charge in [0.05, 0.1) is 5.52 Å². The van der Waals surface area contributed by atoms with E-state index in [1.165, 1.54) is 16.2 Å². The van der Waals surface area contributed by atoms with E-state index in [1.54, 1.807) is 37.4 Å². The molecule has 0 unspecified atom stereocenters. The Kier molecular flexibility index (Phi) is 3.68. The van der Waals surface area contributed by atoms with Crippen LogP contribution >= 0.6 is 23.6 Å². The summed E-state index contributed by atoms with van der Waals surface area (Å²) >= 11 is 6.45. The third kappa shape index (κ3) is 2.93. The van der Waals surface area contributed by atoms with Gasteiger partial charge in [-0.3, -0.25) is 4.90 Å². The van der Waals surface area contributed by atoms with Crippen LogP contribution in [0.15, 0.2) is 42.5 Å². The molecule has 2 heterocycles. The predicted molar refractivity (Wildman–Crippen MR) is 85.7 cm³/mol. The Labute approximate surface area is 129 Å². The molecule has 3 rings (SSSR count). The lowest BCUT2D eigenvalue weighted by Gasteiger charge is -2.15. The van der Waals surface area contributed by atoms with Gasteiger partial charge in [-0.1, -0.05) is 29.5 Å². The summed E-state index contributed by atoms with van der Waals surface area (Å²) in [4.78, 5) is 21.6. The van der Waals surface area contributed by atoms with Crippen LogP contribution in [-0.2, 0) is 0 Å². The number of H-pyrrole nitrogens is 1.